The predicted molar refractivity (Wildman–Crippen MR) is 100 cm³/mol. The lowest BCUT2D eigenvalue weighted by molar-refractivity contribution is 0.116. The van der Waals surface area contributed by atoms with Crippen molar-refractivity contribution in [1.82, 2.24) is 25.6 Å². The molecule has 2 aromatic rings. The first-order valence-electron chi connectivity index (χ1n) is 9.53. The summed E-state index contributed by atoms with van der Waals surface area (Å²) in [5.41, 5.74) is 1.44. The zero-order valence-corrected chi connectivity index (χ0v) is 15.5. The highest BCUT2D eigenvalue weighted by molar-refractivity contribution is 5.80. The fourth-order valence-electron chi connectivity index (χ4n) is 3.82. The Bertz CT molecular complexity index is 832. The third-order valence-electron chi connectivity index (χ3n) is 5.32. The van der Waals surface area contributed by atoms with E-state index in [9.17, 15) is 9.59 Å². The average molecular weight is 371 g/mol. The van der Waals surface area contributed by atoms with Crippen molar-refractivity contribution in [2.24, 2.45) is 0 Å². The van der Waals surface area contributed by atoms with Gasteiger partial charge < -0.3 is 25.0 Å². The van der Waals surface area contributed by atoms with Crippen LogP contribution in [-0.2, 0) is 6.54 Å². The van der Waals surface area contributed by atoms with Gasteiger partial charge in [0.05, 0.1) is 12.6 Å². The largest absolute Gasteiger partial charge is 0.356 e. The second-order valence-corrected chi connectivity index (χ2v) is 7.22. The molecule has 1 saturated carbocycles. The number of fused-ring (bicyclic) bond motifs is 1. The van der Waals surface area contributed by atoms with E-state index in [1.807, 2.05) is 29.2 Å². The third kappa shape index (κ3) is 3.70. The quantitative estimate of drug-likeness (QED) is 0.863. The van der Waals surface area contributed by atoms with Gasteiger partial charge in [0, 0.05) is 31.6 Å². The van der Waals surface area contributed by atoms with Crippen LogP contribution >= 0.6 is 0 Å². The molecule has 1 aliphatic carbocycles. The maximum Gasteiger partial charge on any atom is 0.318 e. The molecular formula is C19H25N5O3. The molecule has 2 aliphatic rings. The van der Waals surface area contributed by atoms with Crippen LogP contribution in [0.3, 0.4) is 0 Å². The average Bonchev–Trinajstić information content (AvgIpc) is 3.45. The summed E-state index contributed by atoms with van der Waals surface area (Å²) in [6, 6.07) is 7.78. The lowest BCUT2D eigenvalue weighted by Gasteiger charge is -2.39. The highest BCUT2D eigenvalue weighted by Gasteiger charge is 2.39. The van der Waals surface area contributed by atoms with E-state index in [4.69, 9.17) is 4.52 Å². The number of benzene rings is 1. The van der Waals surface area contributed by atoms with Crippen molar-refractivity contribution in [2.45, 2.75) is 44.3 Å². The molecule has 1 aromatic carbocycles. The van der Waals surface area contributed by atoms with Crippen LogP contribution in [0.15, 0.2) is 28.8 Å². The summed E-state index contributed by atoms with van der Waals surface area (Å²) in [4.78, 5) is 28.6. The monoisotopic (exact) mass is 371 g/mol. The molecule has 4 rings (SSSR count). The second kappa shape index (κ2) is 7.46. The van der Waals surface area contributed by atoms with E-state index in [0.29, 0.717) is 18.7 Å². The van der Waals surface area contributed by atoms with Gasteiger partial charge in [-0.1, -0.05) is 17.3 Å². The topological polar surface area (TPSA) is 90.7 Å². The van der Waals surface area contributed by atoms with Crippen molar-refractivity contribution in [2.75, 3.05) is 20.1 Å². The Morgan fingerprint density at radius 3 is 2.85 bits per heavy atom. The highest BCUT2D eigenvalue weighted by atomic mass is 16.5. The van der Waals surface area contributed by atoms with E-state index in [1.165, 1.54) is 0 Å². The number of likely N-dealkylation sites (tertiary alicyclic amines) is 1. The molecule has 1 aromatic heterocycles. The molecule has 0 spiro atoms. The standard InChI is InChI=1S/C19H25N5O3/c1-20-18(25)23-10-4-5-14(12-23)24(13-8-9-13)19(26)21-11-16-15-6-2-3-7-17(15)27-22-16/h2-3,6-7,13-14H,4-5,8-12H2,1H3,(H,20,25)(H,21,26). The van der Waals surface area contributed by atoms with Crippen LogP contribution in [0.1, 0.15) is 31.4 Å². The number of aromatic nitrogens is 1. The Balaban J connectivity index is 1.43. The van der Waals surface area contributed by atoms with E-state index < -0.39 is 0 Å². The number of rotatable bonds is 4. The first-order chi connectivity index (χ1) is 13.2. The SMILES string of the molecule is CNC(=O)N1CCCC(N(C(=O)NCc2noc3ccccc23)C2CC2)C1. The minimum absolute atomic E-state index is 0.0533. The number of amides is 4. The van der Waals surface area contributed by atoms with Crippen molar-refractivity contribution in [3.05, 3.63) is 30.0 Å². The molecule has 27 heavy (non-hydrogen) atoms. The summed E-state index contributed by atoms with van der Waals surface area (Å²) in [5, 5.41) is 10.7. The molecule has 1 atom stereocenters. The summed E-state index contributed by atoms with van der Waals surface area (Å²) >= 11 is 0. The normalized spacial score (nSPS) is 19.7. The summed E-state index contributed by atoms with van der Waals surface area (Å²) < 4.78 is 5.30. The predicted octanol–water partition coefficient (Wildman–Crippen LogP) is 2.31. The fourth-order valence-corrected chi connectivity index (χ4v) is 3.82. The molecule has 1 saturated heterocycles. The Morgan fingerprint density at radius 1 is 1.26 bits per heavy atom. The molecule has 1 unspecified atom stereocenters. The maximum absolute atomic E-state index is 12.9. The summed E-state index contributed by atoms with van der Waals surface area (Å²) in [7, 11) is 1.64. The molecule has 2 N–H and O–H groups in total. The van der Waals surface area contributed by atoms with Crippen LogP contribution in [0.2, 0.25) is 0 Å². The zero-order chi connectivity index (χ0) is 18.8. The smallest absolute Gasteiger partial charge is 0.318 e. The molecule has 8 nitrogen and oxygen atoms in total. The van der Waals surface area contributed by atoms with Gasteiger partial charge in [-0.05, 0) is 37.8 Å². The third-order valence-corrected chi connectivity index (χ3v) is 5.32. The van der Waals surface area contributed by atoms with Crippen LogP contribution in [0, 0.1) is 0 Å². The van der Waals surface area contributed by atoms with Crippen LogP contribution in [0.25, 0.3) is 11.0 Å². The van der Waals surface area contributed by atoms with Crippen molar-refractivity contribution in [3.63, 3.8) is 0 Å². The lowest BCUT2D eigenvalue weighted by Crippen LogP contribution is -2.56. The first kappa shape index (κ1) is 17.6. The van der Waals surface area contributed by atoms with Crippen LogP contribution in [0.5, 0.6) is 0 Å². The number of carbonyl (C=O) groups is 2. The number of piperidine rings is 1. The van der Waals surface area contributed by atoms with E-state index in [0.717, 1.165) is 43.3 Å². The molecule has 1 aliphatic heterocycles. The van der Waals surface area contributed by atoms with Crippen LogP contribution in [0.4, 0.5) is 9.59 Å². The van der Waals surface area contributed by atoms with Gasteiger partial charge >= 0.3 is 12.1 Å². The molecule has 0 radical (unpaired) electrons. The maximum atomic E-state index is 12.9. The molecule has 144 valence electrons. The van der Waals surface area contributed by atoms with Gasteiger partial charge in [0.2, 0.25) is 0 Å². The van der Waals surface area contributed by atoms with Gasteiger partial charge in [-0.25, -0.2) is 9.59 Å². The van der Waals surface area contributed by atoms with E-state index in [1.54, 1.807) is 11.9 Å². The number of carbonyl (C=O) groups excluding carboxylic acids is 2. The number of para-hydroxylation sites is 1. The van der Waals surface area contributed by atoms with Crippen molar-refractivity contribution in [1.29, 1.82) is 0 Å². The van der Waals surface area contributed by atoms with Crippen molar-refractivity contribution in [3.8, 4) is 0 Å². The Morgan fingerprint density at radius 2 is 2.07 bits per heavy atom. The van der Waals surface area contributed by atoms with Crippen molar-refractivity contribution < 1.29 is 14.1 Å². The van der Waals surface area contributed by atoms with Gasteiger partial charge in [-0.2, -0.15) is 0 Å². The highest BCUT2D eigenvalue weighted by Crippen LogP contribution is 2.31. The number of hydrogen-bond donors (Lipinski definition) is 2. The first-order valence-corrected chi connectivity index (χ1v) is 9.53. The second-order valence-electron chi connectivity index (χ2n) is 7.22. The van der Waals surface area contributed by atoms with E-state index >= 15 is 0 Å². The molecular weight excluding hydrogens is 346 g/mol. The van der Waals surface area contributed by atoms with Crippen LogP contribution in [-0.4, -0.2) is 59.2 Å². The molecule has 0 bridgehead atoms. The zero-order valence-electron chi connectivity index (χ0n) is 15.5. The van der Waals surface area contributed by atoms with Gasteiger partial charge in [0.25, 0.3) is 0 Å². The number of nitrogens with zero attached hydrogens (tertiary/aromatic N) is 3. The van der Waals surface area contributed by atoms with E-state index in [2.05, 4.69) is 15.8 Å². The number of urea groups is 2. The lowest BCUT2D eigenvalue weighted by atomic mass is 10.0. The summed E-state index contributed by atoms with van der Waals surface area (Å²) in [6.07, 6.45) is 3.88. The minimum Gasteiger partial charge on any atom is -0.356 e. The molecule has 8 heteroatoms. The van der Waals surface area contributed by atoms with E-state index in [-0.39, 0.29) is 24.1 Å². The van der Waals surface area contributed by atoms with Gasteiger partial charge in [-0.3, -0.25) is 0 Å². The summed E-state index contributed by atoms with van der Waals surface area (Å²) in [5.74, 6) is 0. The van der Waals surface area contributed by atoms with Gasteiger partial charge in [-0.15, -0.1) is 0 Å². The van der Waals surface area contributed by atoms with Gasteiger partial charge in [0.1, 0.15) is 5.69 Å². The minimum atomic E-state index is -0.0895. The fraction of sp³-hybridized carbons (Fsp3) is 0.526. The Hall–Kier alpha value is -2.77. The molecule has 4 amide bonds. The Labute approximate surface area is 157 Å². The summed E-state index contributed by atoms with van der Waals surface area (Å²) in [6.45, 7) is 1.64. The van der Waals surface area contributed by atoms with Gasteiger partial charge in [0.15, 0.2) is 5.58 Å². The number of hydrogen-bond acceptors (Lipinski definition) is 4. The number of nitrogens with one attached hydrogen (secondary N) is 2. The Kier molecular flexibility index (Phi) is 4.87. The molecule has 2 fully saturated rings. The molecule has 2 heterocycles. The van der Waals surface area contributed by atoms with Crippen LogP contribution < -0.4 is 10.6 Å². The van der Waals surface area contributed by atoms with Crippen molar-refractivity contribution >= 4 is 23.0 Å².